The van der Waals surface area contributed by atoms with Gasteiger partial charge in [0.1, 0.15) is 0 Å². The molecule has 0 aliphatic rings. The zero-order chi connectivity index (χ0) is 17.0. The molecule has 0 fully saturated rings. The lowest BCUT2D eigenvalue weighted by atomic mass is 10.3. The molecule has 2 aromatic rings. The Morgan fingerprint density at radius 2 is 2.33 bits per heavy atom. The van der Waals surface area contributed by atoms with E-state index in [0.717, 1.165) is 41.4 Å². The molecule has 0 bridgehead atoms. The maximum atomic E-state index is 8.78. The lowest BCUT2D eigenvalue weighted by Gasteiger charge is -2.07. The second-order valence-corrected chi connectivity index (χ2v) is 6.21. The van der Waals surface area contributed by atoms with Gasteiger partial charge >= 0.3 is 0 Å². The van der Waals surface area contributed by atoms with Gasteiger partial charge in [0.2, 0.25) is 5.96 Å². The molecule has 4 N–H and O–H groups in total. The van der Waals surface area contributed by atoms with Gasteiger partial charge in [0, 0.05) is 42.8 Å². The summed E-state index contributed by atoms with van der Waals surface area (Å²) in [4.78, 5) is 18.8. The van der Waals surface area contributed by atoms with Crippen molar-refractivity contribution in [2.24, 2.45) is 4.99 Å². The van der Waals surface area contributed by atoms with Crippen LogP contribution in [0.25, 0.3) is 0 Å². The Morgan fingerprint density at radius 3 is 3.04 bits per heavy atom. The van der Waals surface area contributed by atoms with Gasteiger partial charge in [0.25, 0.3) is 0 Å². The van der Waals surface area contributed by atoms with Gasteiger partial charge in [-0.1, -0.05) is 0 Å². The summed E-state index contributed by atoms with van der Waals surface area (Å²) in [6.07, 6.45) is 8.82. The number of aliphatic imine (C=N–C) groups is 1. The van der Waals surface area contributed by atoms with Crippen molar-refractivity contribution in [3.05, 3.63) is 35.9 Å². The summed E-state index contributed by atoms with van der Waals surface area (Å²) in [5, 5.41) is 14.5. The Morgan fingerprint density at radius 1 is 1.42 bits per heavy atom. The van der Waals surface area contributed by atoms with Crippen molar-refractivity contribution in [2.45, 2.75) is 25.5 Å². The summed E-state index contributed by atoms with van der Waals surface area (Å²) in [5.41, 5.74) is 3.28. The second-order valence-electron chi connectivity index (χ2n) is 5.10. The number of nitrogens with zero attached hydrogens (tertiary/aromatic N) is 4. The number of thioether (sulfide) groups is 1. The van der Waals surface area contributed by atoms with E-state index in [9.17, 15) is 0 Å². The molecular formula is C15H22N8S. The van der Waals surface area contributed by atoms with E-state index >= 15 is 0 Å². The number of nitriles is 1. The second kappa shape index (κ2) is 10.3. The zero-order valence-electron chi connectivity index (χ0n) is 13.7. The summed E-state index contributed by atoms with van der Waals surface area (Å²) in [6, 6.07) is 0. The van der Waals surface area contributed by atoms with Crippen molar-refractivity contribution in [1.29, 1.82) is 5.26 Å². The SMILES string of the molecule is Cc1[nH]cnc1CSCCCN=C(NC#N)NCCc1cnc[nH]1. The first-order valence-corrected chi connectivity index (χ1v) is 8.92. The molecule has 8 nitrogen and oxygen atoms in total. The molecule has 0 unspecified atom stereocenters. The largest absolute Gasteiger partial charge is 0.355 e. The van der Waals surface area contributed by atoms with E-state index in [2.05, 4.69) is 35.6 Å². The number of aryl methyl sites for hydroxylation is 1. The molecule has 0 amide bonds. The van der Waals surface area contributed by atoms with Crippen LogP contribution in [0.1, 0.15) is 23.5 Å². The third kappa shape index (κ3) is 6.34. The third-order valence-electron chi connectivity index (χ3n) is 3.31. The minimum atomic E-state index is 0.519. The normalized spacial score (nSPS) is 11.2. The van der Waals surface area contributed by atoms with Gasteiger partial charge < -0.3 is 15.3 Å². The highest BCUT2D eigenvalue weighted by Crippen LogP contribution is 2.13. The van der Waals surface area contributed by atoms with E-state index in [-0.39, 0.29) is 0 Å². The van der Waals surface area contributed by atoms with Crippen LogP contribution < -0.4 is 10.6 Å². The monoisotopic (exact) mass is 346 g/mol. The number of rotatable bonds is 9. The van der Waals surface area contributed by atoms with Gasteiger partial charge in [0.15, 0.2) is 6.19 Å². The molecule has 0 saturated heterocycles. The van der Waals surface area contributed by atoms with Crippen LogP contribution in [-0.2, 0) is 12.2 Å². The maximum Gasteiger partial charge on any atom is 0.204 e. The fourth-order valence-electron chi connectivity index (χ4n) is 1.99. The smallest absolute Gasteiger partial charge is 0.204 e. The molecule has 2 heterocycles. The lowest BCUT2D eigenvalue weighted by molar-refractivity contribution is 0.814. The number of aromatic amines is 2. The molecule has 9 heteroatoms. The van der Waals surface area contributed by atoms with Crippen LogP contribution in [-0.4, -0.2) is 44.7 Å². The molecule has 0 saturated carbocycles. The molecular weight excluding hydrogens is 324 g/mol. The summed E-state index contributed by atoms with van der Waals surface area (Å²) in [5.74, 6) is 2.43. The molecule has 2 aromatic heterocycles. The van der Waals surface area contributed by atoms with Gasteiger partial charge in [-0.05, 0) is 19.1 Å². The van der Waals surface area contributed by atoms with Crippen LogP contribution in [0.5, 0.6) is 0 Å². The van der Waals surface area contributed by atoms with Crippen molar-refractivity contribution in [1.82, 2.24) is 30.6 Å². The summed E-state index contributed by atoms with van der Waals surface area (Å²) in [7, 11) is 0. The molecule has 0 spiro atoms. The van der Waals surface area contributed by atoms with Crippen molar-refractivity contribution in [3.8, 4) is 6.19 Å². The van der Waals surface area contributed by atoms with Gasteiger partial charge in [-0.15, -0.1) is 0 Å². The molecule has 0 atom stereocenters. The van der Waals surface area contributed by atoms with Crippen LogP contribution in [0.3, 0.4) is 0 Å². The first-order chi connectivity index (χ1) is 11.8. The average Bonchev–Trinajstić information content (AvgIpc) is 3.22. The van der Waals surface area contributed by atoms with Crippen LogP contribution in [0.2, 0.25) is 0 Å². The fourth-order valence-corrected chi connectivity index (χ4v) is 2.95. The molecule has 2 rings (SSSR count). The Kier molecular flexibility index (Phi) is 7.70. The fraction of sp³-hybridized carbons (Fsp3) is 0.467. The van der Waals surface area contributed by atoms with E-state index in [1.807, 2.05) is 24.9 Å². The average molecular weight is 346 g/mol. The van der Waals surface area contributed by atoms with Crippen molar-refractivity contribution >= 4 is 17.7 Å². The number of H-pyrrole nitrogens is 2. The van der Waals surface area contributed by atoms with Gasteiger partial charge in [-0.25, -0.2) is 9.97 Å². The zero-order valence-corrected chi connectivity index (χ0v) is 14.5. The Balaban J connectivity index is 1.61. The first kappa shape index (κ1) is 17.9. The Labute approximate surface area is 145 Å². The predicted octanol–water partition coefficient (Wildman–Crippen LogP) is 1.32. The van der Waals surface area contributed by atoms with E-state index < -0.39 is 0 Å². The quantitative estimate of drug-likeness (QED) is 0.179. The number of aromatic nitrogens is 4. The molecule has 0 radical (unpaired) electrons. The highest BCUT2D eigenvalue weighted by molar-refractivity contribution is 7.98. The van der Waals surface area contributed by atoms with Gasteiger partial charge in [-0.3, -0.25) is 10.3 Å². The minimum Gasteiger partial charge on any atom is -0.355 e. The highest BCUT2D eigenvalue weighted by atomic mass is 32.2. The standard InChI is InChI=1S/C15H22N8S/c1-12-14(23-11-21-12)8-24-6-2-4-18-15(20-9-16)19-5-3-13-7-17-10-22-13/h7,10-11H,2-6,8H2,1H3,(H,17,22)(H,21,23)(H2,18,19,20). The van der Waals surface area contributed by atoms with Gasteiger partial charge in [-0.2, -0.15) is 17.0 Å². The summed E-state index contributed by atoms with van der Waals surface area (Å²) >= 11 is 1.84. The van der Waals surface area contributed by atoms with Crippen LogP contribution >= 0.6 is 11.8 Å². The highest BCUT2D eigenvalue weighted by Gasteiger charge is 2.01. The maximum absolute atomic E-state index is 8.78. The van der Waals surface area contributed by atoms with E-state index in [1.165, 1.54) is 0 Å². The predicted molar refractivity (Wildman–Crippen MR) is 95.4 cm³/mol. The molecule has 128 valence electrons. The minimum absolute atomic E-state index is 0.519. The number of hydrogen-bond donors (Lipinski definition) is 4. The van der Waals surface area contributed by atoms with E-state index in [4.69, 9.17) is 5.26 Å². The molecule has 0 aromatic carbocycles. The Bertz CT molecular complexity index is 655. The lowest BCUT2D eigenvalue weighted by Crippen LogP contribution is -2.36. The molecule has 0 aliphatic carbocycles. The summed E-state index contributed by atoms with van der Waals surface area (Å²) in [6.45, 7) is 3.39. The van der Waals surface area contributed by atoms with Gasteiger partial charge in [0.05, 0.1) is 18.3 Å². The number of hydrogen-bond acceptors (Lipinski definition) is 5. The number of imidazole rings is 2. The van der Waals surface area contributed by atoms with Crippen LogP contribution in [0.4, 0.5) is 0 Å². The molecule has 24 heavy (non-hydrogen) atoms. The van der Waals surface area contributed by atoms with Crippen molar-refractivity contribution < 1.29 is 0 Å². The molecule has 0 aliphatic heterocycles. The Hall–Kier alpha value is -2.47. The van der Waals surface area contributed by atoms with Crippen molar-refractivity contribution in [2.75, 3.05) is 18.8 Å². The van der Waals surface area contributed by atoms with E-state index in [1.54, 1.807) is 18.9 Å². The number of guanidine groups is 1. The van der Waals surface area contributed by atoms with Crippen LogP contribution in [0, 0.1) is 18.4 Å². The first-order valence-electron chi connectivity index (χ1n) is 7.77. The topological polar surface area (TPSA) is 118 Å². The van der Waals surface area contributed by atoms with E-state index in [0.29, 0.717) is 19.0 Å². The third-order valence-corrected chi connectivity index (χ3v) is 4.36. The summed E-state index contributed by atoms with van der Waals surface area (Å²) < 4.78 is 0. The number of nitrogens with one attached hydrogen (secondary N) is 4. The van der Waals surface area contributed by atoms with Crippen molar-refractivity contribution in [3.63, 3.8) is 0 Å². The van der Waals surface area contributed by atoms with Crippen LogP contribution in [0.15, 0.2) is 23.8 Å².